The first kappa shape index (κ1) is 19.0. The van der Waals surface area contributed by atoms with Crippen molar-refractivity contribution in [3.05, 3.63) is 75.2 Å². The van der Waals surface area contributed by atoms with Gasteiger partial charge in [-0.05, 0) is 44.5 Å². The van der Waals surface area contributed by atoms with Crippen LogP contribution in [0.3, 0.4) is 0 Å². The maximum atomic E-state index is 13.2. The van der Waals surface area contributed by atoms with Crippen LogP contribution in [0.2, 0.25) is 0 Å². The fourth-order valence-corrected chi connectivity index (χ4v) is 4.23. The molecule has 0 aliphatic carbocycles. The molecule has 8 heteroatoms. The van der Waals surface area contributed by atoms with Gasteiger partial charge in [-0.15, -0.1) is 0 Å². The molecule has 4 aromatic rings. The molecular formula is C23H20N4O4. The summed E-state index contributed by atoms with van der Waals surface area (Å²) in [7, 11) is 0. The van der Waals surface area contributed by atoms with E-state index in [9.17, 15) is 14.4 Å². The van der Waals surface area contributed by atoms with Gasteiger partial charge in [0, 0.05) is 12.1 Å². The molecule has 31 heavy (non-hydrogen) atoms. The number of carbonyl (C=O) groups excluding carboxylic acids is 2. The van der Waals surface area contributed by atoms with Gasteiger partial charge in [-0.1, -0.05) is 29.8 Å². The first-order valence-electron chi connectivity index (χ1n) is 9.96. The van der Waals surface area contributed by atoms with Crippen LogP contribution in [0, 0.1) is 20.8 Å². The minimum Gasteiger partial charge on any atom is -0.422 e. The highest BCUT2D eigenvalue weighted by atomic mass is 16.4. The van der Waals surface area contributed by atoms with Crippen LogP contribution in [0.1, 0.15) is 34.7 Å². The predicted octanol–water partition coefficient (Wildman–Crippen LogP) is 3.28. The first-order valence-corrected chi connectivity index (χ1v) is 9.96. The van der Waals surface area contributed by atoms with Gasteiger partial charge >= 0.3 is 6.01 Å². The molecule has 1 saturated heterocycles. The highest BCUT2D eigenvalue weighted by Crippen LogP contribution is 2.35. The minimum absolute atomic E-state index is 0.0619. The van der Waals surface area contributed by atoms with Gasteiger partial charge in [0.25, 0.3) is 5.56 Å². The van der Waals surface area contributed by atoms with Crippen molar-refractivity contribution in [1.29, 1.82) is 0 Å². The van der Waals surface area contributed by atoms with Gasteiger partial charge in [-0.2, -0.15) is 9.67 Å². The number of benzene rings is 2. The molecule has 0 spiro atoms. The lowest BCUT2D eigenvalue weighted by Crippen LogP contribution is -2.31. The van der Waals surface area contributed by atoms with Crippen LogP contribution in [-0.4, -0.2) is 26.6 Å². The van der Waals surface area contributed by atoms with E-state index in [1.54, 1.807) is 25.1 Å². The Morgan fingerprint density at radius 1 is 1.06 bits per heavy atom. The van der Waals surface area contributed by atoms with E-state index in [1.165, 1.54) is 9.58 Å². The maximum absolute atomic E-state index is 13.2. The number of oxazole rings is 1. The summed E-state index contributed by atoms with van der Waals surface area (Å²) in [6.07, 6.45) is -0.0619. The van der Waals surface area contributed by atoms with Crippen molar-refractivity contribution in [2.24, 2.45) is 0 Å². The Balaban J connectivity index is 1.56. The molecule has 156 valence electrons. The van der Waals surface area contributed by atoms with Gasteiger partial charge in [0.05, 0.1) is 17.2 Å². The third-order valence-corrected chi connectivity index (χ3v) is 5.68. The number of aromatic amines is 1. The number of nitrogens with zero attached hydrogens (tertiary/aromatic N) is 3. The number of fused-ring (bicyclic) bond motifs is 1. The Kier molecular flexibility index (Phi) is 4.18. The largest absolute Gasteiger partial charge is 0.422 e. The lowest BCUT2D eigenvalue weighted by molar-refractivity contribution is -0.121. The Hall–Kier alpha value is -3.94. The summed E-state index contributed by atoms with van der Waals surface area (Å²) in [6.45, 7) is 5.51. The number of aryl methyl sites for hydroxylation is 3. The van der Waals surface area contributed by atoms with Crippen LogP contribution >= 0.6 is 0 Å². The number of anilines is 1. The Morgan fingerprint density at radius 3 is 2.58 bits per heavy atom. The van der Waals surface area contributed by atoms with E-state index in [1.807, 2.05) is 38.1 Å². The van der Waals surface area contributed by atoms with Crippen molar-refractivity contribution < 1.29 is 14.0 Å². The molecule has 3 heterocycles. The summed E-state index contributed by atoms with van der Waals surface area (Å²) in [5.41, 5.74) is 3.90. The van der Waals surface area contributed by atoms with Crippen molar-refractivity contribution in [3.63, 3.8) is 0 Å². The summed E-state index contributed by atoms with van der Waals surface area (Å²) in [5.74, 6) is -1.58. The molecule has 1 aliphatic heterocycles. The lowest BCUT2D eigenvalue weighted by atomic mass is 9.98. The Labute approximate surface area is 177 Å². The number of amides is 2. The monoisotopic (exact) mass is 416 g/mol. The SMILES string of the molecule is Cc1ccc(N2C(=O)C[C@@H](c3c(C)[nH]n(-c4nc5ccccc5o4)c3=O)C2=O)c(C)c1. The van der Waals surface area contributed by atoms with Crippen LogP contribution in [0.15, 0.2) is 51.7 Å². The van der Waals surface area contributed by atoms with Crippen LogP contribution in [0.25, 0.3) is 17.1 Å². The van der Waals surface area contributed by atoms with E-state index >= 15 is 0 Å². The van der Waals surface area contributed by atoms with Crippen LogP contribution < -0.4 is 10.5 Å². The van der Waals surface area contributed by atoms with E-state index < -0.39 is 17.4 Å². The molecular weight excluding hydrogens is 396 g/mol. The number of carbonyl (C=O) groups is 2. The van der Waals surface area contributed by atoms with Gasteiger partial charge < -0.3 is 4.42 Å². The number of hydrogen-bond donors (Lipinski definition) is 1. The lowest BCUT2D eigenvalue weighted by Gasteiger charge is -2.17. The number of aromatic nitrogens is 3. The quantitative estimate of drug-likeness (QED) is 0.517. The second kappa shape index (κ2) is 6.80. The zero-order chi connectivity index (χ0) is 21.9. The van der Waals surface area contributed by atoms with Crippen molar-refractivity contribution in [2.75, 3.05) is 4.90 Å². The van der Waals surface area contributed by atoms with Crippen LogP contribution in [0.5, 0.6) is 0 Å². The third-order valence-electron chi connectivity index (χ3n) is 5.68. The molecule has 0 unspecified atom stereocenters. The molecule has 2 amide bonds. The second-order valence-electron chi connectivity index (χ2n) is 7.87. The normalized spacial score (nSPS) is 16.6. The van der Waals surface area contributed by atoms with E-state index in [0.29, 0.717) is 22.5 Å². The second-order valence-corrected chi connectivity index (χ2v) is 7.87. The topological polar surface area (TPSA) is 101 Å². The molecule has 2 aromatic heterocycles. The van der Waals surface area contributed by atoms with Crippen molar-refractivity contribution >= 4 is 28.6 Å². The van der Waals surface area contributed by atoms with Crippen LogP contribution in [0.4, 0.5) is 5.69 Å². The van der Waals surface area contributed by atoms with E-state index in [0.717, 1.165) is 11.1 Å². The van der Waals surface area contributed by atoms with Crippen molar-refractivity contribution in [1.82, 2.24) is 14.8 Å². The molecule has 8 nitrogen and oxygen atoms in total. The number of imide groups is 1. The van der Waals surface area contributed by atoms with Crippen molar-refractivity contribution in [3.8, 4) is 6.01 Å². The smallest absolute Gasteiger partial charge is 0.325 e. The number of hydrogen-bond acceptors (Lipinski definition) is 5. The third kappa shape index (κ3) is 2.91. The molecule has 0 saturated carbocycles. The van der Waals surface area contributed by atoms with Crippen LogP contribution in [-0.2, 0) is 9.59 Å². The van der Waals surface area contributed by atoms with E-state index in [2.05, 4.69) is 10.1 Å². The maximum Gasteiger partial charge on any atom is 0.325 e. The van der Waals surface area contributed by atoms with Gasteiger partial charge in [-0.25, -0.2) is 4.90 Å². The number of rotatable bonds is 3. The molecule has 1 atom stereocenters. The molecule has 5 rings (SSSR count). The van der Waals surface area contributed by atoms with Gasteiger partial charge in [-0.3, -0.25) is 19.5 Å². The molecule has 0 radical (unpaired) electrons. The number of H-pyrrole nitrogens is 1. The number of para-hydroxylation sites is 2. The molecule has 1 aliphatic rings. The van der Waals surface area contributed by atoms with Gasteiger partial charge in [0.15, 0.2) is 5.58 Å². The molecule has 2 aromatic carbocycles. The molecule has 0 bridgehead atoms. The molecule has 1 fully saturated rings. The fraction of sp³-hybridized carbons (Fsp3) is 0.217. The summed E-state index contributed by atoms with van der Waals surface area (Å²) >= 11 is 0. The highest BCUT2D eigenvalue weighted by molar-refractivity contribution is 6.23. The standard InChI is InChI=1S/C23H20N4O4/c1-12-8-9-17(13(2)10-12)26-19(28)11-15(21(26)29)20-14(3)25-27(22(20)30)23-24-16-6-4-5-7-18(16)31-23/h4-10,15,25H,11H2,1-3H3/t15-/m0/s1. The summed E-state index contributed by atoms with van der Waals surface area (Å²) in [5, 5.41) is 2.94. The van der Waals surface area contributed by atoms with E-state index in [4.69, 9.17) is 4.42 Å². The molecule has 1 N–H and O–H groups in total. The average Bonchev–Trinajstić information content (AvgIpc) is 3.36. The van der Waals surface area contributed by atoms with Crippen molar-refractivity contribution in [2.45, 2.75) is 33.1 Å². The van der Waals surface area contributed by atoms with E-state index in [-0.39, 0.29) is 23.9 Å². The first-order chi connectivity index (χ1) is 14.8. The predicted molar refractivity (Wildman–Crippen MR) is 114 cm³/mol. The fourth-order valence-electron chi connectivity index (χ4n) is 4.23. The zero-order valence-electron chi connectivity index (χ0n) is 17.3. The zero-order valence-corrected chi connectivity index (χ0v) is 17.3. The minimum atomic E-state index is -0.859. The number of nitrogens with one attached hydrogen (secondary N) is 1. The Morgan fingerprint density at radius 2 is 1.84 bits per heavy atom. The van der Waals surface area contributed by atoms with Gasteiger partial charge in [0.1, 0.15) is 5.52 Å². The summed E-state index contributed by atoms with van der Waals surface area (Å²) < 4.78 is 6.87. The average molecular weight is 416 g/mol. The summed E-state index contributed by atoms with van der Waals surface area (Å²) in [4.78, 5) is 44.8. The highest BCUT2D eigenvalue weighted by Gasteiger charge is 2.43. The van der Waals surface area contributed by atoms with Gasteiger partial charge in [0.2, 0.25) is 11.8 Å². The summed E-state index contributed by atoms with van der Waals surface area (Å²) in [6, 6.07) is 12.8. The Bertz CT molecular complexity index is 1390.